The number of hydrogen-bond donors (Lipinski definition) is 0. The molecule has 2 aromatic carbocycles. The molecule has 208 valence electrons. The molecule has 1 saturated heterocycles. The van der Waals surface area contributed by atoms with E-state index in [-0.39, 0.29) is 29.6 Å². The summed E-state index contributed by atoms with van der Waals surface area (Å²) in [6.07, 6.45) is 6.71. The highest BCUT2D eigenvalue weighted by atomic mass is 19.1. The maximum atomic E-state index is 13.8. The first-order valence-corrected chi connectivity index (χ1v) is 14.5. The average molecular weight is 534 g/mol. The number of nitrogens with zero attached hydrogens (tertiary/aromatic N) is 3. The molecule has 0 spiro atoms. The number of carbonyl (C=O) groups excluding carboxylic acids is 2. The highest BCUT2D eigenvalue weighted by Gasteiger charge is 2.37. The van der Waals surface area contributed by atoms with E-state index in [4.69, 9.17) is 4.74 Å². The molecule has 2 aromatic rings. The molecule has 2 amide bonds. The number of hydrogen-bond acceptors (Lipinski definition) is 4. The maximum absolute atomic E-state index is 13.8. The van der Waals surface area contributed by atoms with Gasteiger partial charge in [0.25, 0.3) is 5.91 Å². The zero-order valence-corrected chi connectivity index (χ0v) is 23.0. The average Bonchev–Trinajstić information content (AvgIpc) is 3.51. The third-order valence-corrected chi connectivity index (χ3v) is 8.51. The van der Waals surface area contributed by atoms with E-state index in [9.17, 15) is 14.0 Å². The first-order valence-electron chi connectivity index (χ1n) is 14.5. The van der Waals surface area contributed by atoms with Crippen molar-refractivity contribution in [3.8, 4) is 5.75 Å². The van der Waals surface area contributed by atoms with E-state index >= 15 is 0 Å². The van der Waals surface area contributed by atoms with Gasteiger partial charge >= 0.3 is 0 Å². The standard InChI is InChI=1S/C32H40FN3O3/c1-3-16-34-18-20-35(21-19-34)32(38)29(4-2)39-27-14-11-23-15-17-36(31(37)25-7-5-6-8-25)30(28(23)22-27)24-9-12-26(33)13-10-24/h3,9-14,22,25,29-30H,1,4-8,15-21H2,2H3/t29-,30+/m1/s1. The van der Waals surface area contributed by atoms with E-state index in [1.54, 1.807) is 12.1 Å². The Morgan fingerprint density at radius 3 is 2.44 bits per heavy atom. The van der Waals surface area contributed by atoms with Gasteiger partial charge in [-0.2, -0.15) is 0 Å². The topological polar surface area (TPSA) is 53.1 Å². The van der Waals surface area contributed by atoms with Gasteiger partial charge in [0.05, 0.1) is 6.04 Å². The second-order valence-electron chi connectivity index (χ2n) is 11.0. The number of carbonyl (C=O) groups is 2. The van der Waals surface area contributed by atoms with Crippen LogP contribution in [-0.2, 0) is 16.0 Å². The van der Waals surface area contributed by atoms with Gasteiger partial charge in [0, 0.05) is 45.2 Å². The normalized spacial score (nSPS) is 20.9. The fourth-order valence-electron chi connectivity index (χ4n) is 6.33. The predicted octanol–water partition coefficient (Wildman–Crippen LogP) is 4.98. The van der Waals surface area contributed by atoms with Crippen LogP contribution in [0.15, 0.2) is 55.1 Å². The number of halogens is 1. The molecule has 6 nitrogen and oxygen atoms in total. The van der Waals surface area contributed by atoms with Crippen molar-refractivity contribution in [2.24, 2.45) is 5.92 Å². The van der Waals surface area contributed by atoms with Crippen molar-refractivity contribution < 1.29 is 18.7 Å². The summed E-state index contributed by atoms with van der Waals surface area (Å²) in [4.78, 5) is 33.2. The molecule has 0 N–H and O–H groups in total. The number of piperazine rings is 1. The van der Waals surface area contributed by atoms with Crippen molar-refractivity contribution in [1.29, 1.82) is 0 Å². The molecule has 2 aliphatic heterocycles. The Morgan fingerprint density at radius 2 is 1.77 bits per heavy atom. The Hall–Kier alpha value is -3.19. The van der Waals surface area contributed by atoms with E-state index < -0.39 is 6.10 Å². The Bertz CT molecular complexity index is 1170. The van der Waals surface area contributed by atoms with Gasteiger partial charge in [0.15, 0.2) is 6.10 Å². The summed E-state index contributed by atoms with van der Waals surface area (Å²) in [6, 6.07) is 12.2. The van der Waals surface area contributed by atoms with Gasteiger partial charge < -0.3 is 14.5 Å². The predicted molar refractivity (Wildman–Crippen MR) is 150 cm³/mol. The lowest BCUT2D eigenvalue weighted by atomic mass is 9.87. The Labute approximate surface area is 231 Å². The SMILES string of the molecule is C=CCN1CCN(C(=O)[C@@H](CC)Oc2ccc3c(c2)[C@H](c2ccc(F)cc2)N(C(=O)C2CCCC2)CC3)CC1. The van der Waals surface area contributed by atoms with Crippen molar-refractivity contribution in [3.05, 3.63) is 77.6 Å². The molecule has 0 unspecified atom stereocenters. The molecule has 39 heavy (non-hydrogen) atoms. The van der Waals surface area contributed by atoms with Crippen LogP contribution in [0.2, 0.25) is 0 Å². The summed E-state index contributed by atoms with van der Waals surface area (Å²) in [5, 5.41) is 0. The lowest BCUT2D eigenvalue weighted by Gasteiger charge is -2.39. The largest absolute Gasteiger partial charge is 0.481 e. The van der Waals surface area contributed by atoms with E-state index in [0.717, 1.165) is 68.4 Å². The van der Waals surface area contributed by atoms with Gasteiger partial charge in [-0.3, -0.25) is 14.5 Å². The van der Waals surface area contributed by atoms with Gasteiger partial charge in [0.1, 0.15) is 11.6 Å². The molecule has 3 aliphatic rings. The first-order chi connectivity index (χ1) is 19.0. The van der Waals surface area contributed by atoms with Crippen molar-refractivity contribution in [2.45, 2.75) is 57.6 Å². The van der Waals surface area contributed by atoms with Crippen LogP contribution in [0.4, 0.5) is 4.39 Å². The minimum Gasteiger partial charge on any atom is -0.481 e. The molecule has 0 bridgehead atoms. The molecule has 7 heteroatoms. The van der Waals surface area contributed by atoms with Gasteiger partial charge in [-0.05, 0) is 66.6 Å². The molecule has 2 atom stereocenters. The van der Waals surface area contributed by atoms with Crippen LogP contribution >= 0.6 is 0 Å². The lowest BCUT2D eigenvalue weighted by molar-refractivity contribution is -0.140. The second-order valence-corrected chi connectivity index (χ2v) is 11.0. The van der Waals surface area contributed by atoms with Gasteiger partial charge in [-0.1, -0.05) is 44.0 Å². The number of ether oxygens (including phenoxy) is 1. The minimum absolute atomic E-state index is 0.0154. The molecule has 1 saturated carbocycles. The van der Waals surface area contributed by atoms with Crippen molar-refractivity contribution in [2.75, 3.05) is 39.3 Å². The molecule has 5 rings (SSSR count). The van der Waals surface area contributed by atoms with Gasteiger partial charge in [-0.25, -0.2) is 4.39 Å². The van der Waals surface area contributed by atoms with Crippen LogP contribution < -0.4 is 4.74 Å². The third-order valence-electron chi connectivity index (χ3n) is 8.51. The molecular formula is C32H40FN3O3. The Balaban J connectivity index is 1.39. The summed E-state index contributed by atoms with van der Waals surface area (Å²) in [6.45, 7) is 10.3. The number of benzene rings is 2. The third kappa shape index (κ3) is 6.03. The molecule has 2 heterocycles. The van der Waals surface area contributed by atoms with E-state index in [0.29, 0.717) is 31.8 Å². The van der Waals surface area contributed by atoms with Crippen LogP contribution in [0.5, 0.6) is 5.75 Å². The minimum atomic E-state index is -0.571. The van der Waals surface area contributed by atoms with Crippen LogP contribution in [0.1, 0.15) is 61.8 Å². The zero-order valence-electron chi connectivity index (χ0n) is 23.0. The van der Waals surface area contributed by atoms with E-state index in [1.165, 1.54) is 12.1 Å². The highest BCUT2D eigenvalue weighted by molar-refractivity contribution is 5.82. The summed E-state index contributed by atoms with van der Waals surface area (Å²) < 4.78 is 20.2. The number of amides is 2. The smallest absolute Gasteiger partial charge is 0.263 e. The molecule has 1 aliphatic carbocycles. The Morgan fingerprint density at radius 1 is 1.05 bits per heavy atom. The van der Waals surface area contributed by atoms with Crippen LogP contribution in [0, 0.1) is 11.7 Å². The summed E-state index contributed by atoms with van der Waals surface area (Å²) in [5.41, 5.74) is 3.04. The number of fused-ring (bicyclic) bond motifs is 1. The Kier molecular flexibility index (Phi) is 8.66. The van der Waals surface area contributed by atoms with Crippen molar-refractivity contribution in [3.63, 3.8) is 0 Å². The fraction of sp³-hybridized carbons (Fsp3) is 0.500. The van der Waals surface area contributed by atoms with Gasteiger partial charge in [-0.15, -0.1) is 6.58 Å². The molecule has 0 aromatic heterocycles. The fourth-order valence-corrected chi connectivity index (χ4v) is 6.33. The zero-order chi connectivity index (χ0) is 27.4. The first kappa shape index (κ1) is 27.4. The lowest BCUT2D eigenvalue weighted by Crippen LogP contribution is -2.52. The number of rotatable bonds is 8. The molecular weight excluding hydrogens is 493 g/mol. The summed E-state index contributed by atoms with van der Waals surface area (Å²) in [7, 11) is 0. The van der Waals surface area contributed by atoms with E-state index in [2.05, 4.69) is 17.5 Å². The summed E-state index contributed by atoms with van der Waals surface area (Å²) >= 11 is 0. The molecule has 2 fully saturated rings. The summed E-state index contributed by atoms with van der Waals surface area (Å²) in [5.74, 6) is 0.595. The van der Waals surface area contributed by atoms with Crippen molar-refractivity contribution >= 4 is 11.8 Å². The highest BCUT2D eigenvalue weighted by Crippen LogP contribution is 2.40. The van der Waals surface area contributed by atoms with Crippen LogP contribution in [0.3, 0.4) is 0 Å². The maximum Gasteiger partial charge on any atom is 0.263 e. The van der Waals surface area contributed by atoms with E-state index in [1.807, 2.05) is 34.9 Å². The van der Waals surface area contributed by atoms with Gasteiger partial charge in [0.2, 0.25) is 5.91 Å². The van der Waals surface area contributed by atoms with Crippen LogP contribution in [0.25, 0.3) is 0 Å². The second kappa shape index (κ2) is 12.3. The molecule has 0 radical (unpaired) electrons. The quantitative estimate of drug-likeness (QED) is 0.450. The van der Waals surface area contributed by atoms with Crippen LogP contribution in [-0.4, -0.2) is 71.9 Å². The monoisotopic (exact) mass is 533 g/mol. The van der Waals surface area contributed by atoms with Crippen molar-refractivity contribution in [1.82, 2.24) is 14.7 Å².